The average Bonchev–Trinajstić information content (AvgIpc) is 3.71. The van der Waals surface area contributed by atoms with Crippen LogP contribution in [0, 0.1) is 17.8 Å². The Morgan fingerprint density at radius 1 is 0.647 bits per heavy atom. The van der Waals surface area contributed by atoms with Crippen molar-refractivity contribution in [3.63, 3.8) is 0 Å². The Kier molecular flexibility index (Phi) is 6.95. The molecule has 2 nitrogen and oxygen atoms in total. The van der Waals surface area contributed by atoms with Crippen LogP contribution in [0.2, 0.25) is 0 Å². The largest absolute Gasteiger partial charge is 0.340 e. The van der Waals surface area contributed by atoms with Gasteiger partial charge in [0.05, 0.1) is 11.6 Å². The van der Waals surface area contributed by atoms with E-state index in [4.69, 9.17) is 0 Å². The smallest absolute Gasteiger partial charge is 0.0626 e. The van der Waals surface area contributed by atoms with Crippen molar-refractivity contribution in [2.75, 3.05) is 0 Å². The Morgan fingerprint density at radius 2 is 1.49 bits per heavy atom. The molecule has 1 aliphatic heterocycles. The molecule has 1 aromatic heterocycles. The van der Waals surface area contributed by atoms with Crippen molar-refractivity contribution in [2.24, 2.45) is 17.8 Å². The van der Waals surface area contributed by atoms with Gasteiger partial charge in [0.1, 0.15) is 0 Å². The number of rotatable bonds is 5. The van der Waals surface area contributed by atoms with Crippen molar-refractivity contribution in [1.82, 2.24) is 9.47 Å². The summed E-state index contributed by atoms with van der Waals surface area (Å²) >= 11 is 0. The van der Waals surface area contributed by atoms with Gasteiger partial charge in [0.25, 0.3) is 0 Å². The number of aromatic nitrogens is 1. The lowest BCUT2D eigenvalue weighted by Gasteiger charge is -2.35. The zero-order valence-electron chi connectivity index (χ0n) is 29.5. The molecule has 1 aromatic carbocycles. The molecule has 3 unspecified atom stereocenters. The maximum Gasteiger partial charge on any atom is 0.0626 e. The van der Waals surface area contributed by atoms with Crippen LogP contribution >= 0.6 is 0 Å². The van der Waals surface area contributed by atoms with E-state index in [1.807, 2.05) is 0 Å². The molecule has 0 saturated heterocycles. The summed E-state index contributed by atoms with van der Waals surface area (Å²) in [7, 11) is 0. The van der Waals surface area contributed by atoms with Crippen LogP contribution in [0.3, 0.4) is 0 Å². The minimum Gasteiger partial charge on any atom is -0.340 e. The van der Waals surface area contributed by atoms with E-state index < -0.39 is 0 Å². The number of hydrogen-bond donors (Lipinski definition) is 0. The van der Waals surface area contributed by atoms with Crippen LogP contribution in [-0.4, -0.2) is 15.5 Å². The van der Waals surface area contributed by atoms with Gasteiger partial charge in [0, 0.05) is 33.7 Å². The van der Waals surface area contributed by atoms with E-state index >= 15 is 0 Å². The highest BCUT2D eigenvalue weighted by atomic mass is 15.2. The van der Waals surface area contributed by atoms with E-state index in [0.29, 0.717) is 23.8 Å². The van der Waals surface area contributed by atoms with Gasteiger partial charge in [-0.25, -0.2) is 0 Å². The van der Waals surface area contributed by atoms with E-state index in [2.05, 4.69) is 131 Å². The van der Waals surface area contributed by atoms with Gasteiger partial charge in [-0.2, -0.15) is 0 Å². The van der Waals surface area contributed by atoms with Crippen molar-refractivity contribution < 1.29 is 0 Å². The van der Waals surface area contributed by atoms with Crippen LogP contribution in [-0.2, 0) is 6.42 Å². The predicted octanol–water partition coefficient (Wildman–Crippen LogP) is 12.0. The summed E-state index contributed by atoms with van der Waals surface area (Å²) in [6, 6.07) is 7.67. The van der Waals surface area contributed by atoms with Crippen LogP contribution in [0.4, 0.5) is 0 Å². The molecular weight excluding hydrogens is 617 g/mol. The first-order valence-electron chi connectivity index (χ1n) is 19.8. The monoisotopic (exact) mass is 662 g/mol. The maximum absolute atomic E-state index is 2.79. The van der Waals surface area contributed by atoms with Crippen molar-refractivity contribution in [3.8, 4) is 0 Å². The third-order valence-electron chi connectivity index (χ3n) is 13.0. The lowest BCUT2D eigenvalue weighted by Crippen LogP contribution is -2.32. The Labute approximate surface area is 302 Å². The summed E-state index contributed by atoms with van der Waals surface area (Å²) in [5.41, 5.74) is 19.1. The minimum absolute atomic E-state index is 0.385. The Bertz CT molecular complexity index is 2280. The first-order chi connectivity index (χ1) is 25.3. The van der Waals surface area contributed by atoms with Crippen LogP contribution in [0.25, 0.3) is 28.2 Å². The van der Waals surface area contributed by atoms with E-state index in [1.165, 1.54) is 73.4 Å². The van der Waals surface area contributed by atoms with Crippen molar-refractivity contribution >= 4 is 28.2 Å². The van der Waals surface area contributed by atoms with Crippen LogP contribution in [0.1, 0.15) is 81.0 Å². The molecule has 0 amide bonds. The molecule has 1 fully saturated rings. The third-order valence-corrected chi connectivity index (χ3v) is 13.0. The average molecular weight is 663 g/mol. The summed E-state index contributed by atoms with van der Waals surface area (Å²) in [4.78, 5) is 2.79. The predicted molar refractivity (Wildman–Crippen MR) is 213 cm³/mol. The normalized spacial score (nSPS) is 28.6. The quantitative estimate of drug-likeness (QED) is 0.309. The summed E-state index contributed by atoms with van der Waals surface area (Å²) in [6.45, 7) is 0. The van der Waals surface area contributed by atoms with Crippen molar-refractivity contribution in [1.29, 1.82) is 0 Å². The molecular formula is C49H46N2. The van der Waals surface area contributed by atoms with Gasteiger partial charge < -0.3 is 9.47 Å². The standard InChI is InChI=1S/C49H46N2/c1-2-14-35(15-3-1)50-45-23-10-8-18-38(45)43-30-32(25-27-47(43)50)33-26-28-48-44(31-33)39-19-9-11-24-46(39)51(48)36-16-12-13-34(29-36)37-17-4-5-20-40(37)49-41-21-6-7-22-42(41)49/h1-2,6-9,13-14,17-22,25-27,29-31,41-42,48-49H,3-5,10-12,15-16,23-24,28H2. The molecule has 11 rings (SSSR count). The molecule has 0 bridgehead atoms. The fourth-order valence-corrected chi connectivity index (χ4v) is 10.6. The molecule has 252 valence electrons. The second-order valence-corrected chi connectivity index (χ2v) is 15.8. The molecule has 0 spiro atoms. The lowest BCUT2D eigenvalue weighted by molar-refractivity contribution is 0.349. The van der Waals surface area contributed by atoms with Crippen molar-refractivity contribution in [3.05, 3.63) is 171 Å². The Hall–Kier alpha value is -4.82. The minimum atomic E-state index is 0.385. The molecule has 0 N–H and O–H groups in total. The van der Waals surface area contributed by atoms with E-state index in [9.17, 15) is 0 Å². The summed E-state index contributed by atoms with van der Waals surface area (Å²) in [6.07, 6.45) is 53.6. The molecule has 2 aromatic rings. The van der Waals surface area contributed by atoms with Gasteiger partial charge in [-0.05, 0) is 158 Å². The first kappa shape index (κ1) is 29.9. The molecule has 9 aliphatic rings. The highest BCUT2D eigenvalue weighted by Gasteiger charge is 2.50. The second kappa shape index (κ2) is 11.9. The molecule has 0 radical (unpaired) electrons. The van der Waals surface area contributed by atoms with E-state index in [1.54, 1.807) is 11.3 Å². The van der Waals surface area contributed by atoms with Gasteiger partial charge in [-0.15, -0.1) is 0 Å². The molecule has 1 saturated carbocycles. The van der Waals surface area contributed by atoms with E-state index in [-0.39, 0.29) is 0 Å². The fourth-order valence-electron chi connectivity index (χ4n) is 10.6. The van der Waals surface area contributed by atoms with Gasteiger partial charge in [-0.1, -0.05) is 91.1 Å². The topological polar surface area (TPSA) is 8.17 Å². The van der Waals surface area contributed by atoms with Gasteiger partial charge >= 0.3 is 0 Å². The first-order valence-corrected chi connectivity index (χ1v) is 19.8. The van der Waals surface area contributed by atoms with Crippen LogP contribution in [0.15, 0.2) is 155 Å². The van der Waals surface area contributed by atoms with Crippen LogP contribution in [0.5, 0.6) is 0 Å². The van der Waals surface area contributed by atoms with E-state index in [0.717, 1.165) is 64.2 Å². The number of hydrogen-bond acceptors (Lipinski definition) is 1. The SMILES string of the molecule is C1=CCCC(n2c3c(c4cc(C5=CCC6C(=C5)C5=C(CCC=C5)N6C5=CC(C6=CCCC=C6C6C7C=CC=CC76)=CCC5)ccc42)C=CCC3)=C1. The van der Waals surface area contributed by atoms with Gasteiger partial charge in [-0.3, -0.25) is 0 Å². The summed E-state index contributed by atoms with van der Waals surface area (Å²) in [5.74, 6) is 2.05. The number of nitrogens with zero attached hydrogens (tertiary/aromatic N) is 2. The molecule has 2 heteroatoms. The summed E-state index contributed by atoms with van der Waals surface area (Å²) < 4.78 is 2.58. The van der Waals surface area contributed by atoms with Crippen molar-refractivity contribution in [2.45, 2.75) is 76.7 Å². The van der Waals surface area contributed by atoms with Crippen LogP contribution < -0.4 is 0 Å². The zero-order valence-corrected chi connectivity index (χ0v) is 29.5. The number of fused-ring (bicyclic) bond motifs is 6. The second-order valence-electron chi connectivity index (χ2n) is 15.8. The fraction of sp³-hybridized carbons (Fsp3) is 0.306. The Balaban J connectivity index is 0.929. The van der Waals surface area contributed by atoms with Gasteiger partial charge in [0.15, 0.2) is 0 Å². The number of allylic oxidation sites excluding steroid dienone is 22. The highest BCUT2D eigenvalue weighted by molar-refractivity contribution is 5.97. The zero-order chi connectivity index (χ0) is 33.5. The maximum atomic E-state index is 2.79. The molecule has 8 aliphatic carbocycles. The highest BCUT2D eigenvalue weighted by Crippen LogP contribution is 2.57. The third kappa shape index (κ3) is 4.75. The molecule has 2 heterocycles. The molecule has 3 atom stereocenters. The molecule has 51 heavy (non-hydrogen) atoms. The van der Waals surface area contributed by atoms with Gasteiger partial charge in [0.2, 0.25) is 0 Å². The lowest BCUT2D eigenvalue weighted by atomic mass is 9.84. The number of benzene rings is 1. The Morgan fingerprint density at radius 3 is 2.39 bits per heavy atom. The summed E-state index contributed by atoms with van der Waals surface area (Å²) in [5, 5.41) is 1.40.